The molecule has 0 amide bonds. The lowest BCUT2D eigenvalue weighted by atomic mass is 9.77. The van der Waals surface area contributed by atoms with Crippen molar-refractivity contribution in [2.24, 2.45) is 0 Å². The molecule has 0 saturated carbocycles. The third-order valence-electron chi connectivity index (χ3n) is 5.14. The minimum atomic E-state index is -2.01. The van der Waals surface area contributed by atoms with E-state index in [4.69, 9.17) is 41.6 Å². The highest BCUT2D eigenvalue weighted by Gasteiger charge is 2.26. The van der Waals surface area contributed by atoms with Gasteiger partial charge in [0.1, 0.15) is 30.7 Å². The van der Waals surface area contributed by atoms with Crippen LogP contribution in [-0.2, 0) is 28.9 Å². The molecule has 174 valence electrons. The van der Waals surface area contributed by atoms with Gasteiger partial charge in [0, 0.05) is 5.41 Å². The maximum atomic E-state index is 11.0. The summed E-state index contributed by atoms with van der Waals surface area (Å²) >= 11 is 10.1. The van der Waals surface area contributed by atoms with Gasteiger partial charge in [-0.15, -0.1) is 11.6 Å². The van der Waals surface area contributed by atoms with Crippen molar-refractivity contribution >= 4 is 34.3 Å². The first kappa shape index (κ1) is 25.1. The number of hydrogen-bond donors (Lipinski definition) is 1. The second-order valence-electron chi connectivity index (χ2n) is 7.61. The SMILES string of the molecule is CC(C)(c1ccc(OCc2ocnc2CS(=O)O)cc1)c1cc(Cl)c(OCCCl)c(C#N)c1. The Morgan fingerprint density at radius 3 is 2.58 bits per heavy atom. The first-order valence-corrected chi connectivity index (χ1v) is 12.1. The van der Waals surface area contributed by atoms with Crippen molar-refractivity contribution in [3.05, 3.63) is 76.0 Å². The quantitative estimate of drug-likeness (QED) is 0.286. The minimum absolute atomic E-state index is 0.0835. The van der Waals surface area contributed by atoms with Crippen LogP contribution < -0.4 is 9.47 Å². The Bertz CT molecular complexity index is 1170. The van der Waals surface area contributed by atoms with Gasteiger partial charge in [0.25, 0.3) is 0 Å². The normalized spacial score (nSPS) is 12.2. The zero-order valence-electron chi connectivity index (χ0n) is 18.0. The zero-order chi connectivity index (χ0) is 24.0. The maximum absolute atomic E-state index is 11.0. The Morgan fingerprint density at radius 2 is 1.94 bits per heavy atom. The molecular formula is C23H22Cl2N2O5S. The van der Waals surface area contributed by atoms with Crippen molar-refractivity contribution in [1.29, 1.82) is 5.26 Å². The Labute approximate surface area is 204 Å². The van der Waals surface area contributed by atoms with E-state index < -0.39 is 16.5 Å². The second-order valence-corrected chi connectivity index (χ2v) is 9.33. The first-order valence-electron chi connectivity index (χ1n) is 9.91. The molecule has 0 saturated heterocycles. The molecular weight excluding hydrogens is 487 g/mol. The molecule has 2 aromatic carbocycles. The number of aromatic nitrogens is 1. The molecule has 0 aliphatic carbocycles. The average molecular weight is 509 g/mol. The number of nitrogens with zero attached hydrogens (tertiary/aromatic N) is 2. The van der Waals surface area contributed by atoms with Gasteiger partial charge in [-0.1, -0.05) is 37.6 Å². The lowest BCUT2D eigenvalue weighted by molar-refractivity contribution is 0.268. The molecule has 7 nitrogen and oxygen atoms in total. The third-order valence-corrected chi connectivity index (χ3v) is 6.10. The van der Waals surface area contributed by atoms with E-state index in [-0.39, 0.29) is 19.0 Å². The topological polar surface area (TPSA) is 106 Å². The van der Waals surface area contributed by atoms with E-state index in [0.717, 1.165) is 11.1 Å². The van der Waals surface area contributed by atoms with Crippen molar-refractivity contribution in [2.75, 3.05) is 12.5 Å². The van der Waals surface area contributed by atoms with Gasteiger partial charge < -0.3 is 18.4 Å². The third kappa shape index (κ3) is 6.06. The summed E-state index contributed by atoms with van der Waals surface area (Å²) in [5.41, 5.74) is 2.13. The molecule has 33 heavy (non-hydrogen) atoms. The van der Waals surface area contributed by atoms with Gasteiger partial charge in [-0.25, -0.2) is 9.19 Å². The number of alkyl halides is 1. The molecule has 1 unspecified atom stereocenters. The van der Waals surface area contributed by atoms with Crippen molar-refractivity contribution < 1.29 is 22.7 Å². The van der Waals surface area contributed by atoms with Crippen LogP contribution in [0.4, 0.5) is 0 Å². The number of nitriles is 1. The molecule has 3 rings (SSSR count). The fourth-order valence-corrected chi connectivity index (χ4v) is 4.07. The second kappa shape index (κ2) is 11.0. The largest absolute Gasteiger partial charge is 0.489 e. The van der Waals surface area contributed by atoms with Crippen LogP contribution in [0.3, 0.4) is 0 Å². The Hall–Kier alpha value is -2.57. The highest BCUT2D eigenvalue weighted by Crippen LogP contribution is 2.38. The molecule has 1 N–H and O–H groups in total. The number of benzene rings is 2. The summed E-state index contributed by atoms with van der Waals surface area (Å²) in [6.07, 6.45) is 1.22. The van der Waals surface area contributed by atoms with Gasteiger partial charge in [-0.2, -0.15) is 5.26 Å². The lowest BCUT2D eigenvalue weighted by Gasteiger charge is -2.27. The molecule has 0 aliphatic heterocycles. The number of ether oxygens (including phenoxy) is 2. The highest BCUT2D eigenvalue weighted by atomic mass is 35.5. The summed E-state index contributed by atoms with van der Waals surface area (Å²) < 4.78 is 36.6. The molecule has 0 bridgehead atoms. The predicted molar refractivity (Wildman–Crippen MR) is 126 cm³/mol. The molecule has 10 heteroatoms. The van der Waals surface area contributed by atoms with Crippen molar-refractivity contribution in [2.45, 2.75) is 31.6 Å². The van der Waals surface area contributed by atoms with E-state index in [9.17, 15) is 9.47 Å². The van der Waals surface area contributed by atoms with Gasteiger partial charge >= 0.3 is 0 Å². The van der Waals surface area contributed by atoms with Crippen LogP contribution in [0.15, 0.2) is 47.2 Å². The Balaban J connectivity index is 1.77. The molecule has 1 heterocycles. The van der Waals surface area contributed by atoms with Crippen molar-refractivity contribution in [3.63, 3.8) is 0 Å². The monoisotopic (exact) mass is 508 g/mol. The van der Waals surface area contributed by atoms with Gasteiger partial charge in [-0.05, 0) is 35.4 Å². The van der Waals surface area contributed by atoms with Crippen LogP contribution in [0.2, 0.25) is 5.02 Å². The van der Waals surface area contributed by atoms with Crippen molar-refractivity contribution in [3.8, 4) is 17.6 Å². The summed E-state index contributed by atoms with van der Waals surface area (Å²) in [7, 11) is 0. The minimum Gasteiger partial charge on any atom is -0.489 e. The van der Waals surface area contributed by atoms with Gasteiger partial charge in [0.05, 0.1) is 22.2 Å². The molecule has 1 aromatic heterocycles. The smallest absolute Gasteiger partial charge is 0.181 e. The van der Waals surface area contributed by atoms with Gasteiger partial charge in [-0.3, -0.25) is 0 Å². The van der Waals surface area contributed by atoms with E-state index >= 15 is 0 Å². The molecule has 0 spiro atoms. The molecule has 0 radical (unpaired) electrons. The number of oxazole rings is 1. The number of hydrogen-bond acceptors (Lipinski definition) is 6. The van der Waals surface area contributed by atoms with E-state index in [1.165, 1.54) is 6.39 Å². The summed E-state index contributed by atoms with van der Waals surface area (Å²) in [6, 6.07) is 13.2. The van der Waals surface area contributed by atoms with E-state index in [1.807, 2.05) is 38.1 Å². The van der Waals surface area contributed by atoms with Gasteiger partial charge in [0.2, 0.25) is 0 Å². The average Bonchev–Trinajstić information content (AvgIpc) is 3.22. The van der Waals surface area contributed by atoms with Crippen LogP contribution in [0.25, 0.3) is 0 Å². The molecule has 1 atom stereocenters. The summed E-state index contributed by atoms with van der Waals surface area (Å²) in [5.74, 6) is 1.51. The molecule has 0 fully saturated rings. The summed E-state index contributed by atoms with van der Waals surface area (Å²) in [4.78, 5) is 3.94. The highest BCUT2D eigenvalue weighted by molar-refractivity contribution is 7.78. The zero-order valence-corrected chi connectivity index (χ0v) is 20.3. The molecule has 3 aromatic rings. The van der Waals surface area contributed by atoms with Crippen LogP contribution in [0.1, 0.15) is 42.0 Å². The summed E-state index contributed by atoms with van der Waals surface area (Å²) in [5, 5.41) is 9.92. The lowest BCUT2D eigenvalue weighted by Crippen LogP contribution is -2.19. The fourth-order valence-electron chi connectivity index (χ4n) is 3.25. The van der Waals surface area contributed by atoms with Gasteiger partial charge in [0.15, 0.2) is 29.0 Å². The van der Waals surface area contributed by atoms with E-state index in [1.54, 1.807) is 12.1 Å². The van der Waals surface area contributed by atoms with Crippen molar-refractivity contribution in [1.82, 2.24) is 4.98 Å². The van der Waals surface area contributed by atoms with Crippen LogP contribution >= 0.6 is 23.2 Å². The Morgan fingerprint density at radius 1 is 1.21 bits per heavy atom. The first-order chi connectivity index (χ1) is 15.8. The van der Waals surface area contributed by atoms with E-state index in [2.05, 4.69) is 11.1 Å². The predicted octanol–water partition coefficient (Wildman–Crippen LogP) is 5.44. The van der Waals surface area contributed by atoms with Crippen LogP contribution in [0, 0.1) is 11.3 Å². The molecule has 0 aliphatic rings. The summed E-state index contributed by atoms with van der Waals surface area (Å²) in [6.45, 7) is 4.41. The number of rotatable bonds is 10. The fraction of sp³-hybridized carbons (Fsp3) is 0.304. The van der Waals surface area contributed by atoms with Crippen LogP contribution in [-0.4, -0.2) is 26.2 Å². The standard InChI is InChI=1S/C23H22Cl2N2O5S/c1-23(2,17-9-15(11-26)22(19(25)10-17)30-8-7-24)16-3-5-18(6-4-16)31-12-21-20(13-33(28)29)27-14-32-21/h3-6,9-10,14H,7-8,12-13H2,1-2H3,(H,28,29). The van der Waals surface area contributed by atoms with E-state index in [0.29, 0.717) is 39.4 Å². The maximum Gasteiger partial charge on any atom is 0.181 e. The van der Waals surface area contributed by atoms with Crippen LogP contribution in [0.5, 0.6) is 11.5 Å². The Kier molecular flexibility index (Phi) is 8.38. The number of halogens is 2.